The summed E-state index contributed by atoms with van der Waals surface area (Å²) in [4.78, 5) is 10.2. The van der Waals surface area contributed by atoms with Gasteiger partial charge < -0.3 is 9.84 Å². The Morgan fingerprint density at radius 3 is 2.75 bits per heavy atom. The van der Waals surface area contributed by atoms with Crippen LogP contribution in [-0.4, -0.2) is 23.8 Å². The van der Waals surface area contributed by atoms with Gasteiger partial charge in [-0.05, 0) is 12.8 Å². The first-order chi connectivity index (χ1) is 3.83. The van der Waals surface area contributed by atoms with Gasteiger partial charge in [-0.1, -0.05) is 0 Å². The van der Waals surface area contributed by atoms with E-state index in [0.29, 0.717) is 0 Å². The number of carbonyl (C=O) groups is 1. The van der Waals surface area contributed by atoms with E-state index in [2.05, 4.69) is 4.74 Å². The van der Waals surface area contributed by atoms with Crippen molar-refractivity contribution in [3.8, 4) is 0 Å². The highest BCUT2D eigenvalue weighted by atomic mass is 16.6. The summed E-state index contributed by atoms with van der Waals surface area (Å²) in [6.07, 6.45) is 2.05. The molecule has 0 atom stereocenters. The zero-order valence-electron chi connectivity index (χ0n) is 4.46. The molecule has 3 heteroatoms. The maximum atomic E-state index is 10.2. The molecule has 0 radical (unpaired) electrons. The van der Waals surface area contributed by atoms with Crippen LogP contribution in [0.2, 0.25) is 0 Å². The van der Waals surface area contributed by atoms with Crippen molar-refractivity contribution < 1.29 is 14.6 Å². The molecule has 0 aromatic heterocycles. The zero-order chi connectivity index (χ0) is 5.98. The predicted octanol–water partition coefficient (Wildman–Crippen LogP) is -0.316. The molecule has 0 unspecified atom stereocenters. The van der Waals surface area contributed by atoms with Gasteiger partial charge in [-0.3, -0.25) is 0 Å². The summed E-state index contributed by atoms with van der Waals surface area (Å²) in [5, 5.41) is 8.14. The van der Waals surface area contributed by atoms with Crippen LogP contribution in [0.25, 0.3) is 0 Å². The number of esters is 1. The van der Waals surface area contributed by atoms with E-state index in [0.717, 1.165) is 12.8 Å². The van der Waals surface area contributed by atoms with E-state index in [1.807, 2.05) is 0 Å². The SMILES string of the molecule is O=C(CO)OC1CC1. The van der Waals surface area contributed by atoms with Crippen LogP contribution in [0, 0.1) is 0 Å². The van der Waals surface area contributed by atoms with Gasteiger partial charge in [-0.2, -0.15) is 0 Å². The van der Waals surface area contributed by atoms with E-state index in [9.17, 15) is 4.79 Å². The van der Waals surface area contributed by atoms with Gasteiger partial charge >= 0.3 is 5.97 Å². The highest BCUT2D eigenvalue weighted by Crippen LogP contribution is 2.23. The summed E-state index contributed by atoms with van der Waals surface area (Å²) < 4.78 is 4.62. The lowest BCUT2D eigenvalue weighted by atomic mass is 10.7. The Balaban J connectivity index is 2.07. The second-order valence-corrected chi connectivity index (χ2v) is 1.85. The fourth-order valence-electron chi connectivity index (χ4n) is 0.409. The molecular formula is C5H8O3. The van der Waals surface area contributed by atoms with Crippen LogP contribution in [0.3, 0.4) is 0 Å². The number of hydrogen-bond acceptors (Lipinski definition) is 3. The molecule has 1 saturated carbocycles. The molecular weight excluding hydrogens is 108 g/mol. The smallest absolute Gasteiger partial charge is 0.332 e. The van der Waals surface area contributed by atoms with E-state index in [4.69, 9.17) is 5.11 Å². The van der Waals surface area contributed by atoms with Gasteiger partial charge in [-0.15, -0.1) is 0 Å². The molecule has 0 spiro atoms. The van der Waals surface area contributed by atoms with Crippen molar-refractivity contribution in [2.24, 2.45) is 0 Å². The lowest BCUT2D eigenvalue weighted by Gasteiger charge is -1.95. The third kappa shape index (κ3) is 1.50. The van der Waals surface area contributed by atoms with Gasteiger partial charge in [0.05, 0.1) is 0 Å². The van der Waals surface area contributed by atoms with Crippen molar-refractivity contribution in [1.29, 1.82) is 0 Å². The molecule has 1 N–H and O–H groups in total. The lowest BCUT2D eigenvalue weighted by Crippen LogP contribution is -2.09. The van der Waals surface area contributed by atoms with Crippen molar-refractivity contribution in [3.05, 3.63) is 0 Å². The molecule has 1 aliphatic carbocycles. The minimum absolute atomic E-state index is 0.120. The molecule has 0 heterocycles. The van der Waals surface area contributed by atoms with Crippen molar-refractivity contribution in [2.75, 3.05) is 6.61 Å². The molecule has 0 amide bonds. The molecule has 1 fully saturated rings. The first-order valence-corrected chi connectivity index (χ1v) is 2.63. The number of ether oxygens (including phenoxy) is 1. The average Bonchev–Trinajstić information content (AvgIpc) is 2.50. The molecule has 8 heavy (non-hydrogen) atoms. The van der Waals surface area contributed by atoms with Crippen molar-refractivity contribution in [2.45, 2.75) is 18.9 Å². The second-order valence-electron chi connectivity index (χ2n) is 1.85. The van der Waals surface area contributed by atoms with Crippen LogP contribution in [-0.2, 0) is 9.53 Å². The molecule has 3 nitrogen and oxygen atoms in total. The van der Waals surface area contributed by atoms with E-state index in [-0.39, 0.29) is 6.10 Å². The minimum Gasteiger partial charge on any atom is -0.461 e. The third-order valence-electron chi connectivity index (χ3n) is 0.952. The fourth-order valence-corrected chi connectivity index (χ4v) is 0.409. The molecule has 0 aromatic rings. The number of aliphatic hydroxyl groups excluding tert-OH is 1. The Bertz CT molecular complexity index is 95.8. The first kappa shape index (κ1) is 5.56. The number of hydrogen-bond donors (Lipinski definition) is 1. The summed E-state index contributed by atoms with van der Waals surface area (Å²) >= 11 is 0. The maximum absolute atomic E-state index is 10.2. The maximum Gasteiger partial charge on any atom is 0.332 e. The average molecular weight is 116 g/mol. The molecule has 0 saturated heterocycles. The highest BCUT2D eigenvalue weighted by molar-refractivity contribution is 5.70. The number of carbonyl (C=O) groups excluding carboxylic acids is 1. The van der Waals surface area contributed by atoms with Gasteiger partial charge in [-0.25, -0.2) is 4.79 Å². The molecule has 0 bridgehead atoms. The van der Waals surface area contributed by atoms with E-state index < -0.39 is 12.6 Å². The molecule has 1 rings (SSSR count). The monoisotopic (exact) mass is 116 g/mol. The fraction of sp³-hybridized carbons (Fsp3) is 0.800. The standard InChI is InChI=1S/C5H8O3/c6-3-5(7)8-4-1-2-4/h4,6H,1-3H2. The van der Waals surface area contributed by atoms with Crippen LogP contribution in [0.1, 0.15) is 12.8 Å². The summed E-state index contributed by atoms with van der Waals surface area (Å²) in [5.41, 5.74) is 0. The first-order valence-electron chi connectivity index (χ1n) is 2.63. The quantitative estimate of drug-likeness (QED) is 0.503. The summed E-state index contributed by atoms with van der Waals surface area (Å²) in [6, 6.07) is 0. The van der Waals surface area contributed by atoms with Gasteiger partial charge in [0, 0.05) is 0 Å². The van der Waals surface area contributed by atoms with Gasteiger partial charge in [0.2, 0.25) is 0 Å². The van der Waals surface area contributed by atoms with Gasteiger partial charge in [0.1, 0.15) is 12.7 Å². The Morgan fingerprint density at radius 1 is 1.75 bits per heavy atom. The Kier molecular flexibility index (Phi) is 1.48. The normalized spacial score (nSPS) is 18.1. The molecule has 0 aromatic carbocycles. The van der Waals surface area contributed by atoms with Crippen molar-refractivity contribution in [3.63, 3.8) is 0 Å². The summed E-state index contributed by atoms with van der Waals surface area (Å²) in [6.45, 7) is -0.490. The Labute approximate surface area is 47.3 Å². The van der Waals surface area contributed by atoms with Crippen LogP contribution in [0.15, 0.2) is 0 Å². The van der Waals surface area contributed by atoms with E-state index in [1.54, 1.807) is 0 Å². The van der Waals surface area contributed by atoms with Crippen molar-refractivity contribution >= 4 is 5.97 Å². The summed E-state index contributed by atoms with van der Waals surface area (Å²) in [5.74, 6) is -0.507. The molecule has 1 aliphatic rings. The van der Waals surface area contributed by atoms with Crippen LogP contribution < -0.4 is 0 Å². The second kappa shape index (κ2) is 2.13. The van der Waals surface area contributed by atoms with Crippen LogP contribution in [0.4, 0.5) is 0 Å². The summed E-state index contributed by atoms with van der Waals surface area (Å²) in [7, 11) is 0. The van der Waals surface area contributed by atoms with E-state index >= 15 is 0 Å². The zero-order valence-corrected chi connectivity index (χ0v) is 4.46. The van der Waals surface area contributed by atoms with Crippen LogP contribution >= 0.6 is 0 Å². The molecule has 0 aliphatic heterocycles. The highest BCUT2D eigenvalue weighted by Gasteiger charge is 2.25. The van der Waals surface area contributed by atoms with Gasteiger partial charge in [0.15, 0.2) is 0 Å². The van der Waals surface area contributed by atoms with E-state index in [1.165, 1.54) is 0 Å². The topological polar surface area (TPSA) is 46.5 Å². The van der Waals surface area contributed by atoms with Crippen LogP contribution in [0.5, 0.6) is 0 Å². The number of rotatable bonds is 2. The Hall–Kier alpha value is -0.570. The largest absolute Gasteiger partial charge is 0.461 e. The number of aliphatic hydroxyl groups is 1. The predicted molar refractivity (Wildman–Crippen MR) is 26.2 cm³/mol. The lowest BCUT2D eigenvalue weighted by molar-refractivity contribution is -0.148. The van der Waals surface area contributed by atoms with Gasteiger partial charge in [0.25, 0.3) is 0 Å². The molecule has 46 valence electrons. The third-order valence-corrected chi connectivity index (χ3v) is 0.952. The van der Waals surface area contributed by atoms with Crippen molar-refractivity contribution in [1.82, 2.24) is 0 Å². The Morgan fingerprint density at radius 2 is 2.38 bits per heavy atom. The minimum atomic E-state index is -0.507.